The van der Waals surface area contributed by atoms with Crippen LogP contribution in [-0.4, -0.2) is 28.9 Å². The Balaban J connectivity index is 2.88. The van der Waals surface area contributed by atoms with Crippen molar-refractivity contribution in [2.24, 2.45) is 0 Å². The summed E-state index contributed by atoms with van der Waals surface area (Å²) in [6.07, 6.45) is -3.70. The van der Waals surface area contributed by atoms with Gasteiger partial charge in [-0.25, -0.2) is 8.78 Å². The molecule has 4 nitrogen and oxygen atoms in total. The Morgan fingerprint density at radius 3 is 2.58 bits per heavy atom. The van der Waals surface area contributed by atoms with Crippen LogP contribution in [0.2, 0.25) is 0 Å². The van der Waals surface area contributed by atoms with Gasteiger partial charge in [0.25, 0.3) is 0 Å². The Kier molecular flexibility index (Phi) is 5.84. The molecule has 0 spiro atoms. The van der Waals surface area contributed by atoms with Crippen LogP contribution in [0.15, 0.2) is 16.6 Å². The van der Waals surface area contributed by atoms with Gasteiger partial charge in [-0.05, 0) is 13.0 Å². The minimum absolute atomic E-state index is 0.0274. The van der Waals surface area contributed by atoms with E-state index in [2.05, 4.69) is 20.7 Å². The van der Waals surface area contributed by atoms with Gasteiger partial charge in [0.1, 0.15) is 17.7 Å². The van der Waals surface area contributed by atoms with Gasteiger partial charge in [-0.3, -0.25) is 4.79 Å². The minimum Gasteiger partial charge on any atom is -0.466 e. The van der Waals surface area contributed by atoms with E-state index in [0.29, 0.717) is 6.07 Å². The Morgan fingerprint density at radius 2 is 2.05 bits per heavy atom. The van der Waals surface area contributed by atoms with Gasteiger partial charge in [-0.2, -0.15) is 0 Å². The predicted octanol–water partition coefficient (Wildman–Crippen LogP) is 2.07. The van der Waals surface area contributed by atoms with Crippen LogP contribution in [0.1, 0.15) is 25.0 Å². The Morgan fingerprint density at radius 1 is 1.42 bits per heavy atom. The number of halogens is 3. The molecule has 0 saturated heterocycles. The molecule has 7 heteroatoms. The van der Waals surface area contributed by atoms with Crippen LogP contribution in [0.5, 0.6) is 0 Å². The number of aliphatic hydroxyl groups is 2. The Hall–Kier alpha value is -1.05. The van der Waals surface area contributed by atoms with Crippen molar-refractivity contribution in [1.82, 2.24) is 0 Å². The molecule has 0 aromatic heterocycles. The highest BCUT2D eigenvalue weighted by atomic mass is 79.9. The maximum absolute atomic E-state index is 13.6. The van der Waals surface area contributed by atoms with E-state index >= 15 is 0 Å². The SMILES string of the molecule is CCOC(=O)CC(O)C(O)c1c(F)cc(F)cc1Br. The second-order valence-corrected chi connectivity index (χ2v) is 4.66. The summed E-state index contributed by atoms with van der Waals surface area (Å²) < 4.78 is 31.0. The van der Waals surface area contributed by atoms with Crippen LogP contribution in [0.25, 0.3) is 0 Å². The highest BCUT2D eigenvalue weighted by Crippen LogP contribution is 2.30. The number of hydrogen-bond acceptors (Lipinski definition) is 4. The van der Waals surface area contributed by atoms with Crippen LogP contribution >= 0.6 is 15.9 Å². The quantitative estimate of drug-likeness (QED) is 0.806. The first-order chi connectivity index (χ1) is 8.86. The van der Waals surface area contributed by atoms with Gasteiger partial charge >= 0.3 is 5.97 Å². The summed E-state index contributed by atoms with van der Waals surface area (Å²) >= 11 is 2.90. The van der Waals surface area contributed by atoms with Gasteiger partial charge in [0.05, 0.1) is 19.1 Å². The number of ether oxygens (including phenoxy) is 1. The lowest BCUT2D eigenvalue weighted by molar-refractivity contribution is -0.147. The fraction of sp³-hybridized carbons (Fsp3) is 0.417. The molecule has 106 valence electrons. The number of benzene rings is 1. The van der Waals surface area contributed by atoms with E-state index < -0.39 is 36.2 Å². The van der Waals surface area contributed by atoms with Crippen LogP contribution in [0.3, 0.4) is 0 Å². The van der Waals surface area contributed by atoms with Crippen molar-refractivity contribution < 1.29 is 28.5 Å². The molecule has 2 N–H and O–H groups in total. The molecule has 0 heterocycles. The highest BCUT2D eigenvalue weighted by Gasteiger charge is 2.27. The standard InChI is InChI=1S/C12H13BrF2O4/c1-2-19-10(17)5-9(16)12(18)11-7(13)3-6(14)4-8(11)15/h3-4,9,12,16,18H,2,5H2,1H3. The van der Waals surface area contributed by atoms with Crippen molar-refractivity contribution >= 4 is 21.9 Å². The molecule has 0 fully saturated rings. The average molecular weight is 339 g/mol. The molecular weight excluding hydrogens is 326 g/mol. The maximum Gasteiger partial charge on any atom is 0.308 e. The number of carbonyl (C=O) groups excluding carboxylic acids is 1. The average Bonchev–Trinajstić information content (AvgIpc) is 2.27. The Bertz CT molecular complexity index is 444. The predicted molar refractivity (Wildman–Crippen MR) is 66.3 cm³/mol. The molecule has 2 atom stereocenters. The molecule has 0 saturated carbocycles. The second kappa shape index (κ2) is 6.93. The zero-order valence-corrected chi connectivity index (χ0v) is 11.7. The number of carbonyl (C=O) groups is 1. The molecule has 0 amide bonds. The van der Waals surface area contributed by atoms with Crippen LogP contribution < -0.4 is 0 Å². The molecule has 0 aliphatic carbocycles. The zero-order valence-electron chi connectivity index (χ0n) is 10.1. The molecule has 0 radical (unpaired) electrons. The summed E-state index contributed by atoms with van der Waals surface area (Å²) in [5.41, 5.74) is -0.307. The third-order valence-electron chi connectivity index (χ3n) is 2.39. The molecule has 19 heavy (non-hydrogen) atoms. The number of hydrogen-bond donors (Lipinski definition) is 2. The number of esters is 1. The maximum atomic E-state index is 13.6. The normalized spacial score (nSPS) is 14.0. The topological polar surface area (TPSA) is 66.8 Å². The van der Waals surface area contributed by atoms with Gasteiger partial charge < -0.3 is 14.9 Å². The number of rotatable bonds is 5. The third kappa shape index (κ3) is 4.22. The van der Waals surface area contributed by atoms with Crippen LogP contribution in [-0.2, 0) is 9.53 Å². The molecular formula is C12H13BrF2O4. The van der Waals surface area contributed by atoms with Crippen molar-refractivity contribution in [1.29, 1.82) is 0 Å². The lowest BCUT2D eigenvalue weighted by Crippen LogP contribution is -2.24. The first-order valence-corrected chi connectivity index (χ1v) is 6.32. The zero-order chi connectivity index (χ0) is 14.6. The molecule has 0 aliphatic heterocycles. The van der Waals surface area contributed by atoms with E-state index in [-0.39, 0.29) is 16.6 Å². The monoisotopic (exact) mass is 338 g/mol. The lowest BCUT2D eigenvalue weighted by atomic mass is 10.0. The van der Waals surface area contributed by atoms with Gasteiger partial charge in [-0.1, -0.05) is 15.9 Å². The van der Waals surface area contributed by atoms with Crippen molar-refractivity contribution in [3.05, 3.63) is 33.8 Å². The van der Waals surface area contributed by atoms with E-state index in [1.165, 1.54) is 0 Å². The molecule has 1 aromatic rings. The van der Waals surface area contributed by atoms with Gasteiger partial charge in [0.2, 0.25) is 0 Å². The van der Waals surface area contributed by atoms with Gasteiger partial charge in [-0.15, -0.1) is 0 Å². The summed E-state index contributed by atoms with van der Waals surface area (Å²) in [7, 11) is 0. The van der Waals surface area contributed by atoms with Crippen molar-refractivity contribution in [2.75, 3.05) is 6.61 Å². The van der Waals surface area contributed by atoms with E-state index in [9.17, 15) is 23.8 Å². The van der Waals surface area contributed by atoms with E-state index in [4.69, 9.17) is 0 Å². The van der Waals surface area contributed by atoms with Gasteiger partial charge in [0, 0.05) is 16.1 Å². The second-order valence-electron chi connectivity index (χ2n) is 3.80. The van der Waals surface area contributed by atoms with Crippen molar-refractivity contribution in [3.63, 3.8) is 0 Å². The minimum atomic E-state index is -1.67. The molecule has 1 aromatic carbocycles. The first-order valence-electron chi connectivity index (χ1n) is 5.53. The summed E-state index contributed by atoms with van der Waals surface area (Å²) in [5.74, 6) is -2.55. The lowest BCUT2D eigenvalue weighted by Gasteiger charge is -2.19. The summed E-state index contributed by atoms with van der Waals surface area (Å²) in [4.78, 5) is 11.2. The molecule has 1 rings (SSSR count). The molecule has 0 bridgehead atoms. The largest absolute Gasteiger partial charge is 0.466 e. The van der Waals surface area contributed by atoms with Gasteiger partial charge in [0.15, 0.2) is 0 Å². The summed E-state index contributed by atoms with van der Waals surface area (Å²) in [6, 6.07) is 1.54. The molecule has 0 aliphatic rings. The third-order valence-corrected chi connectivity index (χ3v) is 3.04. The smallest absolute Gasteiger partial charge is 0.308 e. The highest BCUT2D eigenvalue weighted by molar-refractivity contribution is 9.10. The van der Waals surface area contributed by atoms with E-state index in [1.54, 1.807) is 6.92 Å². The van der Waals surface area contributed by atoms with E-state index in [1.807, 2.05) is 0 Å². The van der Waals surface area contributed by atoms with Crippen LogP contribution in [0.4, 0.5) is 8.78 Å². The molecule has 2 unspecified atom stereocenters. The fourth-order valence-electron chi connectivity index (χ4n) is 1.53. The van der Waals surface area contributed by atoms with E-state index in [0.717, 1.165) is 6.07 Å². The summed E-state index contributed by atoms with van der Waals surface area (Å²) in [5, 5.41) is 19.5. The number of aliphatic hydroxyl groups excluding tert-OH is 2. The van der Waals surface area contributed by atoms with Crippen LogP contribution in [0, 0.1) is 11.6 Å². The van der Waals surface area contributed by atoms with Crippen molar-refractivity contribution in [3.8, 4) is 0 Å². The first kappa shape index (κ1) is 16.0. The Labute approximate surface area is 117 Å². The summed E-state index contributed by atoms with van der Waals surface area (Å²) in [6.45, 7) is 1.73. The fourth-order valence-corrected chi connectivity index (χ4v) is 2.17. The van der Waals surface area contributed by atoms with Crippen molar-refractivity contribution in [2.45, 2.75) is 25.6 Å².